The lowest BCUT2D eigenvalue weighted by Gasteiger charge is -2.01. The Morgan fingerprint density at radius 1 is 1.08 bits per heavy atom. The summed E-state index contributed by atoms with van der Waals surface area (Å²) in [6.45, 7) is 4.14. The van der Waals surface area contributed by atoms with Crippen LogP contribution in [0.3, 0.4) is 0 Å². The van der Waals surface area contributed by atoms with E-state index in [1.54, 1.807) is 0 Å². The van der Waals surface area contributed by atoms with Crippen molar-refractivity contribution in [2.24, 2.45) is 0 Å². The number of hydrogen-bond acceptors (Lipinski definition) is 1. The van der Waals surface area contributed by atoms with E-state index in [2.05, 4.69) is 24.0 Å². The molecule has 68 valence electrons. The van der Waals surface area contributed by atoms with Crippen LogP contribution in [0.1, 0.15) is 11.3 Å². The Labute approximate surface area is 84.2 Å². The summed E-state index contributed by atoms with van der Waals surface area (Å²) < 4.78 is 0. The van der Waals surface area contributed by atoms with Crippen LogP contribution >= 0.6 is 12.4 Å². The number of nitrogens with zero attached hydrogens (tertiary/aromatic N) is 1. The molecule has 0 N–H and O–H groups in total. The summed E-state index contributed by atoms with van der Waals surface area (Å²) in [6, 6.07) is 10.4. The predicted molar refractivity (Wildman–Crippen MR) is 58.5 cm³/mol. The minimum absolute atomic E-state index is 0. The lowest BCUT2D eigenvalue weighted by atomic mass is 10.1. The lowest BCUT2D eigenvalue weighted by Crippen LogP contribution is -1.87. The fourth-order valence-corrected chi connectivity index (χ4v) is 1.32. The molecule has 0 fully saturated rings. The molecule has 0 bridgehead atoms. The van der Waals surface area contributed by atoms with Gasteiger partial charge in [-0.05, 0) is 31.5 Å². The average molecular weight is 194 g/mol. The van der Waals surface area contributed by atoms with Crippen LogP contribution in [-0.4, -0.2) is 4.98 Å². The summed E-state index contributed by atoms with van der Waals surface area (Å²) in [5, 5.41) is 1.22. The first-order chi connectivity index (χ1) is 5.77. The van der Waals surface area contributed by atoms with Gasteiger partial charge >= 0.3 is 0 Å². The molecule has 1 nitrogen and oxygen atoms in total. The van der Waals surface area contributed by atoms with Crippen molar-refractivity contribution in [3.05, 3.63) is 41.6 Å². The van der Waals surface area contributed by atoms with Crippen molar-refractivity contribution in [3.8, 4) is 0 Å². The summed E-state index contributed by atoms with van der Waals surface area (Å²) in [6.07, 6.45) is 0. The Morgan fingerprint density at radius 3 is 2.54 bits per heavy atom. The summed E-state index contributed by atoms with van der Waals surface area (Å²) in [7, 11) is 0. The molecule has 2 aromatic rings. The van der Waals surface area contributed by atoms with Crippen molar-refractivity contribution in [1.29, 1.82) is 0 Å². The third-order valence-electron chi connectivity index (χ3n) is 2.17. The van der Waals surface area contributed by atoms with Crippen molar-refractivity contribution in [2.45, 2.75) is 13.8 Å². The smallest absolute Gasteiger partial charge is 0.0705 e. The molecule has 0 spiro atoms. The van der Waals surface area contributed by atoms with Gasteiger partial charge in [0, 0.05) is 11.1 Å². The predicted octanol–water partition coefficient (Wildman–Crippen LogP) is 3.27. The second kappa shape index (κ2) is 3.75. The van der Waals surface area contributed by atoms with Crippen LogP contribution in [0.25, 0.3) is 10.9 Å². The molecule has 0 saturated heterocycles. The first-order valence-electron chi connectivity index (χ1n) is 4.10. The van der Waals surface area contributed by atoms with E-state index in [-0.39, 0.29) is 12.4 Å². The van der Waals surface area contributed by atoms with Crippen molar-refractivity contribution in [2.75, 3.05) is 0 Å². The van der Waals surface area contributed by atoms with E-state index in [1.165, 1.54) is 10.9 Å². The average Bonchev–Trinajstić information content (AvgIpc) is 2.07. The monoisotopic (exact) mass is 193 g/mol. The molecule has 0 radical (unpaired) electrons. The van der Waals surface area contributed by atoms with Gasteiger partial charge in [0.2, 0.25) is 0 Å². The number of aromatic nitrogens is 1. The number of pyridine rings is 1. The van der Waals surface area contributed by atoms with Gasteiger partial charge < -0.3 is 0 Å². The molecule has 1 heterocycles. The largest absolute Gasteiger partial charge is 0.253 e. The second-order valence-corrected chi connectivity index (χ2v) is 3.08. The maximum atomic E-state index is 4.48. The molecule has 0 atom stereocenters. The van der Waals surface area contributed by atoms with Crippen molar-refractivity contribution >= 4 is 23.3 Å². The molecule has 2 rings (SSSR count). The number of rotatable bonds is 0. The lowest BCUT2D eigenvalue weighted by molar-refractivity contribution is 1.20. The van der Waals surface area contributed by atoms with Gasteiger partial charge in [0.05, 0.1) is 5.52 Å². The minimum Gasteiger partial charge on any atom is -0.253 e. The van der Waals surface area contributed by atoms with Crippen LogP contribution in [0.4, 0.5) is 0 Å². The number of benzene rings is 1. The summed E-state index contributed by atoms with van der Waals surface area (Å²) in [5.41, 5.74) is 3.46. The summed E-state index contributed by atoms with van der Waals surface area (Å²) >= 11 is 0. The quantitative estimate of drug-likeness (QED) is 0.626. The fraction of sp³-hybridized carbons (Fsp3) is 0.182. The Kier molecular flexibility index (Phi) is 2.89. The highest BCUT2D eigenvalue weighted by Crippen LogP contribution is 2.14. The third kappa shape index (κ3) is 1.81. The normalized spacial score (nSPS) is 9.69. The number of aryl methyl sites for hydroxylation is 2. The topological polar surface area (TPSA) is 12.9 Å². The Bertz CT molecular complexity index is 383. The summed E-state index contributed by atoms with van der Waals surface area (Å²) in [4.78, 5) is 4.48. The molecule has 1 aromatic heterocycles. The number of hydrogen-bond donors (Lipinski definition) is 0. The Morgan fingerprint density at radius 2 is 1.77 bits per heavy atom. The molecule has 0 amide bonds. The van der Waals surface area contributed by atoms with Crippen molar-refractivity contribution < 1.29 is 0 Å². The van der Waals surface area contributed by atoms with Gasteiger partial charge in [-0.1, -0.05) is 18.2 Å². The molecule has 0 aliphatic rings. The maximum Gasteiger partial charge on any atom is 0.0705 e. The van der Waals surface area contributed by atoms with Crippen molar-refractivity contribution in [1.82, 2.24) is 4.98 Å². The van der Waals surface area contributed by atoms with E-state index in [0.717, 1.165) is 11.2 Å². The number of fused-ring (bicyclic) bond motifs is 1. The molecular weight excluding hydrogens is 182 g/mol. The van der Waals surface area contributed by atoms with Gasteiger partial charge in [-0.25, -0.2) is 0 Å². The molecule has 0 saturated carbocycles. The van der Waals surface area contributed by atoms with Crippen LogP contribution in [0.15, 0.2) is 30.3 Å². The zero-order valence-electron chi connectivity index (χ0n) is 7.74. The highest BCUT2D eigenvalue weighted by molar-refractivity contribution is 5.85. The Balaban J connectivity index is 0.000000845. The number of halogens is 1. The van der Waals surface area contributed by atoms with Crippen molar-refractivity contribution in [3.63, 3.8) is 0 Å². The van der Waals surface area contributed by atoms with Crippen LogP contribution in [0.2, 0.25) is 0 Å². The van der Waals surface area contributed by atoms with E-state index < -0.39 is 0 Å². The molecule has 0 aliphatic heterocycles. The van der Waals surface area contributed by atoms with E-state index in [4.69, 9.17) is 0 Å². The van der Waals surface area contributed by atoms with Gasteiger partial charge in [0.15, 0.2) is 0 Å². The van der Waals surface area contributed by atoms with E-state index in [9.17, 15) is 0 Å². The first-order valence-corrected chi connectivity index (χ1v) is 4.10. The minimum atomic E-state index is 0. The standard InChI is InChI=1S/C11H11N.ClH/c1-8-7-10-5-3-4-6-11(10)12-9(8)2;/h3-7H,1-2H3;1H. The van der Waals surface area contributed by atoms with Crippen LogP contribution < -0.4 is 0 Å². The Hall–Kier alpha value is -1.08. The van der Waals surface area contributed by atoms with Gasteiger partial charge in [0.25, 0.3) is 0 Å². The third-order valence-corrected chi connectivity index (χ3v) is 2.17. The van der Waals surface area contributed by atoms with Crippen LogP contribution in [0, 0.1) is 13.8 Å². The molecule has 1 aromatic carbocycles. The van der Waals surface area contributed by atoms with Gasteiger partial charge in [-0.15, -0.1) is 12.4 Å². The van der Waals surface area contributed by atoms with E-state index >= 15 is 0 Å². The molecule has 2 heteroatoms. The molecular formula is C11H12ClN. The second-order valence-electron chi connectivity index (χ2n) is 3.08. The highest BCUT2D eigenvalue weighted by atomic mass is 35.5. The van der Waals surface area contributed by atoms with Crippen LogP contribution in [0.5, 0.6) is 0 Å². The maximum absolute atomic E-state index is 4.48. The van der Waals surface area contributed by atoms with Gasteiger partial charge in [0.1, 0.15) is 0 Å². The SMILES string of the molecule is Cc1cc2ccccc2nc1C.Cl. The van der Waals surface area contributed by atoms with E-state index in [0.29, 0.717) is 0 Å². The zero-order valence-corrected chi connectivity index (χ0v) is 8.56. The van der Waals surface area contributed by atoms with Gasteiger partial charge in [-0.3, -0.25) is 4.98 Å². The highest BCUT2D eigenvalue weighted by Gasteiger charge is 1.96. The summed E-state index contributed by atoms with van der Waals surface area (Å²) in [5.74, 6) is 0. The molecule has 13 heavy (non-hydrogen) atoms. The number of para-hydroxylation sites is 1. The van der Waals surface area contributed by atoms with E-state index in [1.807, 2.05) is 25.1 Å². The molecule has 0 unspecified atom stereocenters. The molecule has 0 aliphatic carbocycles. The fourth-order valence-electron chi connectivity index (χ4n) is 1.32. The van der Waals surface area contributed by atoms with Gasteiger partial charge in [-0.2, -0.15) is 0 Å². The van der Waals surface area contributed by atoms with Crippen LogP contribution in [-0.2, 0) is 0 Å². The zero-order chi connectivity index (χ0) is 8.55. The first kappa shape index (κ1) is 10.0.